The third-order valence-electron chi connectivity index (χ3n) is 2.64. The number of aryl methyl sites for hydroxylation is 2. The third kappa shape index (κ3) is 3.65. The van der Waals surface area contributed by atoms with Crippen LogP contribution >= 0.6 is 0 Å². The van der Waals surface area contributed by atoms with Gasteiger partial charge in [-0.2, -0.15) is 12.1 Å². The van der Waals surface area contributed by atoms with E-state index in [-0.39, 0.29) is 51.0 Å². The third-order valence-corrected chi connectivity index (χ3v) is 2.64. The van der Waals surface area contributed by atoms with Gasteiger partial charge in [-0.25, -0.2) is 0 Å². The number of halogens is 2. The van der Waals surface area contributed by atoms with Crippen LogP contribution in [0.15, 0.2) is 30.3 Å². The van der Waals surface area contributed by atoms with E-state index in [1.807, 2.05) is 0 Å². The van der Waals surface area contributed by atoms with Gasteiger partial charge in [-0.15, -0.1) is 28.5 Å². The normalized spacial score (nSPS) is 8.88. The molecule has 2 aromatic rings. The Labute approximate surface area is 129 Å². The molecule has 0 saturated carbocycles. The fraction of sp³-hybridized carbons (Fsp3) is 0.308. The first-order valence-electron chi connectivity index (χ1n) is 4.97. The summed E-state index contributed by atoms with van der Waals surface area (Å²) >= 11 is 0. The molecule has 0 nitrogen and oxygen atoms in total. The summed E-state index contributed by atoms with van der Waals surface area (Å²) in [6.45, 7) is 4.41. The van der Waals surface area contributed by atoms with E-state index in [0.29, 0.717) is 0 Å². The van der Waals surface area contributed by atoms with Crippen LogP contribution in [0.2, 0.25) is 0 Å². The van der Waals surface area contributed by atoms with Gasteiger partial charge in [-0.05, 0) is 6.42 Å². The average molecular weight is 333 g/mol. The molecule has 0 saturated heterocycles. The summed E-state index contributed by atoms with van der Waals surface area (Å²) in [6.07, 6.45) is 2.42. The van der Waals surface area contributed by atoms with Crippen molar-refractivity contribution in [1.82, 2.24) is 0 Å². The minimum absolute atomic E-state index is 0. The van der Waals surface area contributed by atoms with E-state index in [2.05, 4.69) is 44.2 Å². The second-order valence-electron chi connectivity index (χ2n) is 3.64. The number of hydrogen-bond acceptors (Lipinski definition) is 0. The van der Waals surface area contributed by atoms with Crippen LogP contribution < -0.4 is 24.8 Å². The van der Waals surface area contributed by atoms with E-state index in [9.17, 15) is 0 Å². The van der Waals surface area contributed by atoms with E-state index < -0.39 is 0 Å². The molecule has 0 unspecified atom stereocenters. The maximum atomic E-state index is 2.27. The van der Waals surface area contributed by atoms with Crippen molar-refractivity contribution in [1.29, 1.82) is 0 Å². The standard InChI is InChI=1S/C13H15.2ClH.Zr/c1-3-5-11-9-8-10(2)12-6-4-7-13(11)12;;;/h4,6-9H,3,5H2,1-2H3;2*1H;/q-1;;;+3/p-2. The molecule has 0 heterocycles. The fourth-order valence-corrected chi connectivity index (χ4v) is 1.94. The first-order valence-corrected chi connectivity index (χ1v) is 4.97. The molecule has 0 bridgehead atoms. The molecule has 0 aliphatic rings. The summed E-state index contributed by atoms with van der Waals surface area (Å²) in [7, 11) is 0. The monoisotopic (exact) mass is 331 g/mol. The van der Waals surface area contributed by atoms with Gasteiger partial charge < -0.3 is 24.8 Å². The summed E-state index contributed by atoms with van der Waals surface area (Å²) in [5.74, 6) is 0. The predicted octanol–water partition coefficient (Wildman–Crippen LogP) is -2.17. The van der Waals surface area contributed by atoms with E-state index >= 15 is 0 Å². The summed E-state index contributed by atoms with van der Waals surface area (Å²) < 4.78 is 0. The Morgan fingerprint density at radius 2 is 1.81 bits per heavy atom. The van der Waals surface area contributed by atoms with Gasteiger partial charge in [0, 0.05) is 0 Å². The van der Waals surface area contributed by atoms with Crippen LogP contribution in [0.4, 0.5) is 0 Å². The second kappa shape index (κ2) is 8.39. The molecule has 2 rings (SSSR count). The summed E-state index contributed by atoms with van der Waals surface area (Å²) in [4.78, 5) is 0. The van der Waals surface area contributed by atoms with Gasteiger partial charge in [-0.3, -0.25) is 0 Å². The molecule has 0 spiro atoms. The van der Waals surface area contributed by atoms with Crippen LogP contribution in [0, 0.1) is 6.92 Å². The molecular weight excluding hydrogens is 318 g/mol. The Bertz CT molecular complexity index is 421. The van der Waals surface area contributed by atoms with Gasteiger partial charge in [0.1, 0.15) is 0 Å². The van der Waals surface area contributed by atoms with Gasteiger partial charge in [0.25, 0.3) is 0 Å². The van der Waals surface area contributed by atoms with E-state index in [0.717, 1.165) is 0 Å². The number of benzene rings is 1. The zero-order valence-corrected chi connectivity index (χ0v) is 13.5. The molecule has 1 radical (unpaired) electrons. The molecule has 16 heavy (non-hydrogen) atoms. The van der Waals surface area contributed by atoms with Crippen molar-refractivity contribution in [3.63, 3.8) is 0 Å². The summed E-state index contributed by atoms with van der Waals surface area (Å²) in [6, 6.07) is 11.1. The smallest absolute Gasteiger partial charge is 1.00 e. The summed E-state index contributed by atoms with van der Waals surface area (Å²) in [5.41, 5.74) is 2.88. The molecule has 0 aliphatic carbocycles. The van der Waals surface area contributed by atoms with Crippen LogP contribution in [0.3, 0.4) is 0 Å². The van der Waals surface area contributed by atoms with Gasteiger partial charge >= 0.3 is 26.2 Å². The van der Waals surface area contributed by atoms with Crippen LogP contribution in [0.5, 0.6) is 0 Å². The van der Waals surface area contributed by atoms with Gasteiger partial charge in [0.05, 0.1) is 0 Å². The van der Waals surface area contributed by atoms with Crippen LogP contribution in [0.1, 0.15) is 24.5 Å². The number of fused-ring (bicyclic) bond motifs is 1. The molecule has 0 N–H and O–H groups in total. The second-order valence-corrected chi connectivity index (χ2v) is 3.64. The zero-order valence-electron chi connectivity index (χ0n) is 9.56. The topological polar surface area (TPSA) is 0 Å². The SMILES string of the molecule is CCCc1ccc(C)c2[cH-]ccc12.[Cl-].[Cl-].[Zr+3]. The zero-order chi connectivity index (χ0) is 9.26. The maximum Gasteiger partial charge on any atom is 3.00 e. The molecule has 0 amide bonds. The van der Waals surface area contributed by atoms with Crippen molar-refractivity contribution in [2.24, 2.45) is 0 Å². The number of hydrogen-bond donors (Lipinski definition) is 0. The van der Waals surface area contributed by atoms with Crippen molar-refractivity contribution in [2.45, 2.75) is 26.7 Å². The fourth-order valence-electron chi connectivity index (χ4n) is 1.94. The van der Waals surface area contributed by atoms with Crippen molar-refractivity contribution < 1.29 is 51.0 Å². The molecule has 0 aliphatic heterocycles. The Morgan fingerprint density at radius 3 is 2.44 bits per heavy atom. The van der Waals surface area contributed by atoms with Crippen molar-refractivity contribution in [3.05, 3.63) is 41.5 Å². The van der Waals surface area contributed by atoms with Crippen LogP contribution in [0.25, 0.3) is 10.8 Å². The summed E-state index contributed by atoms with van der Waals surface area (Å²) in [5, 5.41) is 2.87. The predicted molar refractivity (Wildman–Crippen MR) is 58.3 cm³/mol. The molecule has 0 aromatic heterocycles. The van der Waals surface area contributed by atoms with Gasteiger partial charge in [0.15, 0.2) is 0 Å². The largest absolute Gasteiger partial charge is 3.00 e. The van der Waals surface area contributed by atoms with E-state index in [1.54, 1.807) is 0 Å². The first-order chi connectivity index (χ1) is 6.33. The first kappa shape index (κ1) is 18.7. The minimum Gasteiger partial charge on any atom is -1.00 e. The van der Waals surface area contributed by atoms with Crippen LogP contribution in [-0.2, 0) is 32.6 Å². The van der Waals surface area contributed by atoms with E-state index in [4.69, 9.17) is 0 Å². The van der Waals surface area contributed by atoms with Crippen molar-refractivity contribution in [2.75, 3.05) is 0 Å². The Kier molecular flexibility index (Phi) is 9.79. The Hall–Kier alpha value is 0.293. The van der Waals surface area contributed by atoms with Crippen LogP contribution in [-0.4, -0.2) is 0 Å². The molecular formula is C13H15Cl2Zr. The minimum atomic E-state index is 0. The quantitative estimate of drug-likeness (QED) is 0.549. The van der Waals surface area contributed by atoms with Crippen molar-refractivity contribution >= 4 is 10.8 Å². The molecule has 0 atom stereocenters. The van der Waals surface area contributed by atoms with Crippen molar-refractivity contribution in [3.8, 4) is 0 Å². The van der Waals surface area contributed by atoms with E-state index in [1.165, 1.54) is 34.7 Å². The Morgan fingerprint density at radius 1 is 1.12 bits per heavy atom. The molecule has 85 valence electrons. The van der Waals surface area contributed by atoms with Gasteiger partial charge in [0.2, 0.25) is 0 Å². The molecule has 0 fully saturated rings. The number of rotatable bonds is 2. The molecule has 3 heteroatoms. The van der Waals surface area contributed by atoms with Gasteiger partial charge in [-0.1, -0.05) is 31.9 Å². The Balaban J connectivity index is 0. The molecule has 2 aromatic carbocycles. The average Bonchev–Trinajstić information content (AvgIpc) is 2.59. The maximum absolute atomic E-state index is 2.27.